The highest BCUT2D eigenvalue weighted by Gasteiger charge is 2.30. The number of amides is 1. The molecule has 0 aliphatic carbocycles. The molecule has 0 saturated heterocycles. The number of esters is 2. The maximum Gasteiger partial charge on any atom is 0.407 e. The molecule has 0 aromatic carbocycles. The molecule has 7 heteroatoms. The standard InChI is InChI=1S/C34H61NO6/c1-11-15-19-28(12-2)25-34(10,14-4)40-30(36)20-17-16-18-21-33(9,13-3)41-32(38)35-22-23-39-31(37)29(27(7)8)24-26(5)6/h24,28H,11-23,25H2,1-10H3,(H,35,38). The summed E-state index contributed by atoms with van der Waals surface area (Å²) in [6.45, 7) is 20.3. The van der Waals surface area contributed by atoms with E-state index in [-0.39, 0.29) is 19.1 Å². The van der Waals surface area contributed by atoms with Crippen molar-refractivity contribution in [2.75, 3.05) is 13.2 Å². The highest BCUT2D eigenvalue weighted by atomic mass is 16.6. The van der Waals surface area contributed by atoms with Gasteiger partial charge in [0, 0.05) is 6.42 Å². The summed E-state index contributed by atoms with van der Waals surface area (Å²) in [4.78, 5) is 37.3. The summed E-state index contributed by atoms with van der Waals surface area (Å²) in [7, 11) is 0. The van der Waals surface area contributed by atoms with Gasteiger partial charge in [0.25, 0.3) is 0 Å². The van der Waals surface area contributed by atoms with Crippen molar-refractivity contribution < 1.29 is 28.6 Å². The molecule has 0 aromatic rings. The smallest absolute Gasteiger partial charge is 0.407 e. The van der Waals surface area contributed by atoms with Crippen LogP contribution in [0.25, 0.3) is 0 Å². The molecule has 0 heterocycles. The fraction of sp³-hybridized carbons (Fsp3) is 0.794. The summed E-state index contributed by atoms with van der Waals surface area (Å²) in [6.07, 6.45) is 12.0. The number of ether oxygens (including phenoxy) is 3. The van der Waals surface area contributed by atoms with Crippen molar-refractivity contribution in [2.45, 2.75) is 157 Å². The van der Waals surface area contributed by atoms with Crippen molar-refractivity contribution in [1.29, 1.82) is 0 Å². The van der Waals surface area contributed by atoms with E-state index in [0.29, 0.717) is 30.8 Å². The largest absolute Gasteiger partial charge is 0.460 e. The van der Waals surface area contributed by atoms with Gasteiger partial charge in [0.15, 0.2) is 0 Å². The zero-order valence-electron chi connectivity index (χ0n) is 28.0. The van der Waals surface area contributed by atoms with Crippen LogP contribution in [0.2, 0.25) is 0 Å². The van der Waals surface area contributed by atoms with Gasteiger partial charge in [0.05, 0.1) is 12.1 Å². The molecule has 0 saturated carbocycles. The van der Waals surface area contributed by atoms with Crippen LogP contribution < -0.4 is 5.32 Å². The van der Waals surface area contributed by atoms with Crippen LogP contribution in [0.3, 0.4) is 0 Å². The summed E-state index contributed by atoms with van der Waals surface area (Å²) >= 11 is 0. The van der Waals surface area contributed by atoms with Gasteiger partial charge in [0.1, 0.15) is 17.8 Å². The first-order valence-corrected chi connectivity index (χ1v) is 15.9. The van der Waals surface area contributed by atoms with E-state index in [1.165, 1.54) is 19.3 Å². The van der Waals surface area contributed by atoms with Gasteiger partial charge in [-0.25, -0.2) is 9.59 Å². The second-order valence-electron chi connectivity index (χ2n) is 12.3. The van der Waals surface area contributed by atoms with Gasteiger partial charge in [0.2, 0.25) is 0 Å². The van der Waals surface area contributed by atoms with E-state index >= 15 is 0 Å². The predicted molar refractivity (Wildman–Crippen MR) is 168 cm³/mol. The average Bonchev–Trinajstić information content (AvgIpc) is 2.91. The van der Waals surface area contributed by atoms with Crippen molar-refractivity contribution >= 4 is 18.0 Å². The van der Waals surface area contributed by atoms with Crippen LogP contribution in [-0.4, -0.2) is 42.4 Å². The van der Waals surface area contributed by atoms with E-state index in [1.54, 1.807) is 6.08 Å². The number of hydrogen-bond donors (Lipinski definition) is 1. The Bertz CT molecular complexity index is 855. The number of carbonyl (C=O) groups excluding carboxylic acids is 3. The summed E-state index contributed by atoms with van der Waals surface area (Å²) in [5.74, 6) is 0.0708. The number of nitrogens with one attached hydrogen (secondary N) is 1. The highest BCUT2D eigenvalue weighted by molar-refractivity contribution is 5.92. The van der Waals surface area contributed by atoms with Gasteiger partial charge >= 0.3 is 18.0 Å². The maximum atomic E-state index is 12.6. The lowest BCUT2D eigenvalue weighted by atomic mass is 9.85. The Kier molecular flexibility index (Phi) is 19.4. The topological polar surface area (TPSA) is 90.9 Å². The third-order valence-corrected chi connectivity index (χ3v) is 7.84. The molecule has 7 nitrogen and oxygen atoms in total. The monoisotopic (exact) mass is 579 g/mol. The number of allylic oxidation sites excluding steroid dienone is 2. The Morgan fingerprint density at radius 1 is 0.854 bits per heavy atom. The molecular weight excluding hydrogens is 518 g/mol. The second kappa shape index (κ2) is 20.5. The lowest BCUT2D eigenvalue weighted by molar-refractivity contribution is -0.160. The predicted octanol–water partition coefficient (Wildman–Crippen LogP) is 9.00. The van der Waals surface area contributed by atoms with E-state index in [4.69, 9.17) is 14.2 Å². The second-order valence-corrected chi connectivity index (χ2v) is 12.3. The van der Waals surface area contributed by atoms with Gasteiger partial charge in [-0.1, -0.05) is 70.9 Å². The summed E-state index contributed by atoms with van der Waals surface area (Å²) in [5, 5.41) is 2.68. The molecule has 0 fully saturated rings. The van der Waals surface area contributed by atoms with Gasteiger partial charge in [-0.3, -0.25) is 4.79 Å². The number of rotatable bonds is 21. The number of hydrogen-bond acceptors (Lipinski definition) is 6. The van der Waals surface area contributed by atoms with Crippen molar-refractivity contribution in [3.05, 3.63) is 22.8 Å². The van der Waals surface area contributed by atoms with Crippen molar-refractivity contribution in [1.82, 2.24) is 5.32 Å². The van der Waals surface area contributed by atoms with E-state index in [9.17, 15) is 14.4 Å². The van der Waals surface area contributed by atoms with E-state index in [0.717, 1.165) is 49.7 Å². The number of alkyl carbamates (subject to hydrolysis) is 1. The Balaban J connectivity index is 4.48. The highest BCUT2D eigenvalue weighted by Crippen LogP contribution is 2.30. The molecule has 0 radical (unpaired) electrons. The molecule has 1 amide bonds. The van der Waals surface area contributed by atoms with Crippen LogP contribution in [0.4, 0.5) is 4.79 Å². The van der Waals surface area contributed by atoms with Crippen LogP contribution >= 0.6 is 0 Å². The van der Waals surface area contributed by atoms with Gasteiger partial charge < -0.3 is 19.5 Å². The Morgan fingerprint density at radius 2 is 1.51 bits per heavy atom. The molecule has 41 heavy (non-hydrogen) atoms. The molecule has 238 valence electrons. The zero-order valence-corrected chi connectivity index (χ0v) is 28.0. The zero-order chi connectivity index (χ0) is 31.5. The molecule has 0 rings (SSSR count). The number of unbranched alkanes of at least 4 members (excludes halogenated alkanes) is 3. The SMILES string of the molecule is CCCCC(CC)CC(C)(CC)OC(=O)CCCCCC(C)(CC)OC(=O)NCCOC(=O)C(C=C(C)C)=C(C)C. The molecule has 0 spiro atoms. The first-order chi connectivity index (χ1) is 19.2. The molecule has 0 aliphatic rings. The minimum absolute atomic E-state index is 0.0647. The van der Waals surface area contributed by atoms with Crippen LogP contribution in [0.5, 0.6) is 0 Å². The number of carbonyl (C=O) groups is 3. The van der Waals surface area contributed by atoms with Crippen molar-refractivity contribution in [3.63, 3.8) is 0 Å². The van der Waals surface area contributed by atoms with Crippen molar-refractivity contribution in [3.8, 4) is 0 Å². The Morgan fingerprint density at radius 3 is 2.05 bits per heavy atom. The summed E-state index contributed by atoms with van der Waals surface area (Å²) < 4.78 is 17.0. The summed E-state index contributed by atoms with van der Waals surface area (Å²) in [5.41, 5.74) is 1.42. The minimum Gasteiger partial charge on any atom is -0.460 e. The first-order valence-electron chi connectivity index (χ1n) is 15.9. The van der Waals surface area contributed by atoms with Gasteiger partial charge in [-0.05, 0) is 92.1 Å². The Hall–Kier alpha value is -2.31. The minimum atomic E-state index is -0.603. The van der Waals surface area contributed by atoms with Crippen LogP contribution in [0.1, 0.15) is 146 Å². The van der Waals surface area contributed by atoms with E-state index in [1.807, 2.05) is 41.5 Å². The van der Waals surface area contributed by atoms with Crippen LogP contribution in [0, 0.1) is 5.92 Å². The Labute approximate surface area is 251 Å². The first kappa shape index (κ1) is 38.7. The third-order valence-electron chi connectivity index (χ3n) is 7.84. The van der Waals surface area contributed by atoms with Crippen LogP contribution in [-0.2, 0) is 23.8 Å². The van der Waals surface area contributed by atoms with E-state index < -0.39 is 23.3 Å². The maximum absolute atomic E-state index is 12.6. The quantitative estimate of drug-likeness (QED) is 0.0480. The molecule has 0 bridgehead atoms. The molecule has 0 aliphatic heterocycles. The molecule has 3 atom stereocenters. The molecular formula is C34H61NO6. The fourth-order valence-corrected chi connectivity index (χ4v) is 4.71. The molecule has 3 unspecified atom stereocenters. The normalized spacial score (nSPS) is 14.6. The molecule has 0 aromatic heterocycles. The van der Waals surface area contributed by atoms with Gasteiger partial charge in [-0.2, -0.15) is 0 Å². The van der Waals surface area contributed by atoms with Gasteiger partial charge in [-0.15, -0.1) is 0 Å². The fourth-order valence-electron chi connectivity index (χ4n) is 4.71. The third kappa shape index (κ3) is 17.3. The average molecular weight is 580 g/mol. The van der Waals surface area contributed by atoms with E-state index in [2.05, 4.69) is 33.0 Å². The molecule has 1 N–H and O–H groups in total. The summed E-state index contributed by atoms with van der Waals surface area (Å²) in [6, 6.07) is 0. The van der Waals surface area contributed by atoms with Crippen LogP contribution in [0.15, 0.2) is 22.8 Å². The lowest BCUT2D eigenvalue weighted by Gasteiger charge is -2.32. The van der Waals surface area contributed by atoms with Crippen molar-refractivity contribution in [2.24, 2.45) is 5.92 Å². The lowest BCUT2D eigenvalue weighted by Crippen LogP contribution is -2.38.